The molecule has 0 radical (unpaired) electrons. The van der Waals surface area contributed by atoms with Crippen LogP contribution in [0.2, 0.25) is 0 Å². The standard InChI is InChI=1S/C51H36N2O5S/c54-42(36-21-9-2-10-22-36)33-43(47(55)37-23-11-3-12-24-37)59-34-41(35-19-7-1-8-20-35)52-31-32-53-46(50(58)40-29-17-6-18-30-40)44(48(56)38-25-13-4-14-26-38)45(51(52)53)49(57)39-27-15-5-16-28-39/h1-30,33-34H,31-32H2/b41-34+,43-33+. The number of fused-ring (bicyclic) bond motifs is 1. The molecule has 1 aliphatic rings. The molecule has 0 N–H and O–H groups in total. The third kappa shape index (κ3) is 7.94. The Labute approximate surface area is 346 Å². The quantitative estimate of drug-likeness (QED) is 0.0800. The van der Waals surface area contributed by atoms with Gasteiger partial charge in [-0.3, -0.25) is 24.0 Å². The van der Waals surface area contributed by atoms with Gasteiger partial charge >= 0.3 is 0 Å². The second kappa shape index (κ2) is 17.4. The van der Waals surface area contributed by atoms with Crippen molar-refractivity contribution in [3.63, 3.8) is 0 Å². The lowest BCUT2D eigenvalue weighted by atomic mass is 9.92. The minimum Gasteiger partial charge on any atom is -0.324 e. The van der Waals surface area contributed by atoms with Crippen molar-refractivity contribution < 1.29 is 24.0 Å². The van der Waals surface area contributed by atoms with Crippen molar-refractivity contribution in [2.45, 2.75) is 6.54 Å². The monoisotopic (exact) mass is 788 g/mol. The van der Waals surface area contributed by atoms with Crippen LogP contribution in [0.4, 0.5) is 5.82 Å². The number of rotatable bonds is 14. The van der Waals surface area contributed by atoms with Crippen molar-refractivity contribution in [1.29, 1.82) is 0 Å². The molecule has 0 fully saturated rings. The minimum absolute atomic E-state index is 0.0203. The molecule has 0 aliphatic carbocycles. The molecule has 0 amide bonds. The first kappa shape index (κ1) is 38.5. The van der Waals surface area contributed by atoms with Gasteiger partial charge in [-0.1, -0.05) is 194 Å². The highest BCUT2D eigenvalue weighted by atomic mass is 32.2. The fourth-order valence-electron chi connectivity index (χ4n) is 7.22. The summed E-state index contributed by atoms with van der Waals surface area (Å²) in [4.78, 5) is 74.4. The van der Waals surface area contributed by atoms with Gasteiger partial charge in [-0.05, 0) is 5.56 Å². The number of nitrogens with zero attached hydrogens (tertiary/aromatic N) is 2. The molecule has 1 aliphatic heterocycles. The Hall–Kier alpha value is -7.42. The first-order valence-corrected chi connectivity index (χ1v) is 19.9. The first-order chi connectivity index (χ1) is 28.9. The van der Waals surface area contributed by atoms with Crippen molar-refractivity contribution in [2.24, 2.45) is 0 Å². The predicted octanol–water partition coefficient (Wildman–Crippen LogP) is 10.4. The molecule has 2 heterocycles. The number of carbonyl (C=O) groups is 5. The van der Waals surface area contributed by atoms with E-state index < -0.39 is 17.3 Å². The third-order valence-corrected chi connectivity index (χ3v) is 11.0. The largest absolute Gasteiger partial charge is 0.324 e. The molecule has 1 aromatic heterocycles. The molecule has 0 saturated heterocycles. The van der Waals surface area contributed by atoms with Crippen molar-refractivity contribution in [2.75, 3.05) is 11.4 Å². The van der Waals surface area contributed by atoms with Gasteiger partial charge in [0, 0.05) is 52.4 Å². The molecule has 59 heavy (non-hydrogen) atoms. The van der Waals surface area contributed by atoms with Gasteiger partial charge in [0.2, 0.25) is 5.78 Å². The number of allylic oxidation sites excluding steroid dienone is 2. The Balaban J connectivity index is 1.35. The zero-order valence-corrected chi connectivity index (χ0v) is 32.5. The van der Waals surface area contributed by atoms with Crippen LogP contribution < -0.4 is 4.90 Å². The summed E-state index contributed by atoms with van der Waals surface area (Å²) in [7, 11) is 0. The zero-order chi connectivity index (χ0) is 40.7. The van der Waals surface area contributed by atoms with Crippen LogP contribution in [0.15, 0.2) is 198 Å². The SMILES string of the molecule is O=C(/C=C(/S/C=C(\c1ccccc1)N1CCn2c(C(=O)c3ccccc3)c(C(=O)c3ccccc3)c(C(=O)c3ccccc3)c21)C(=O)c1ccccc1)c1ccccc1. The maximum Gasteiger partial charge on any atom is 0.210 e. The molecule has 0 bridgehead atoms. The second-order valence-electron chi connectivity index (χ2n) is 13.7. The van der Waals surface area contributed by atoms with E-state index in [0.717, 1.165) is 17.3 Å². The Morgan fingerprint density at radius 2 is 0.847 bits per heavy atom. The lowest BCUT2D eigenvalue weighted by molar-refractivity contribution is 0.0990. The van der Waals surface area contributed by atoms with Crippen LogP contribution >= 0.6 is 11.8 Å². The van der Waals surface area contributed by atoms with Gasteiger partial charge in [0.1, 0.15) is 11.5 Å². The molecular weight excluding hydrogens is 753 g/mol. The number of ketones is 5. The molecule has 0 atom stereocenters. The topological polar surface area (TPSA) is 93.5 Å². The molecule has 8 rings (SSSR count). The van der Waals surface area contributed by atoms with E-state index in [4.69, 9.17) is 0 Å². The number of thioether (sulfide) groups is 1. The van der Waals surface area contributed by atoms with Crippen LogP contribution in [0.1, 0.15) is 74.2 Å². The molecule has 7 nitrogen and oxygen atoms in total. The van der Waals surface area contributed by atoms with Crippen molar-refractivity contribution >= 4 is 52.2 Å². The van der Waals surface area contributed by atoms with Gasteiger partial charge in [0.25, 0.3) is 0 Å². The van der Waals surface area contributed by atoms with Gasteiger partial charge in [0.05, 0.1) is 21.7 Å². The van der Waals surface area contributed by atoms with Crippen LogP contribution in [0.25, 0.3) is 5.70 Å². The highest BCUT2D eigenvalue weighted by Gasteiger charge is 2.40. The average molecular weight is 789 g/mol. The molecular formula is C51H36N2O5S. The van der Waals surface area contributed by atoms with E-state index in [0.29, 0.717) is 45.9 Å². The van der Waals surface area contributed by atoms with E-state index in [9.17, 15) is 24.0 Å². The van der Waals surface area contributed by atoms with Gasteiger partial charge < -0.3 is 9.47 Å². The molecule has 8 heteroatoms. The molecule has 0 unspecified atom stereocenters. The Morgan fingerprint density at radius 1 is 0.441 bits per heavy atom. The van der Waals surface area contributed by atoms with Gasteiger partial charge in [-0.2, -0.15) is 0 Å². The fourth-order valence-corrected chi connectivity index (χ4v) is 8.12. The smallest absolute Gasteiger partial charge is 0.210 e. The number of carbonyl (C=O) groups excluding carboxylic acids is 5. The van der Waals surface area contributed by atoms with E-state index >= 15 is 0 Å². The molecule has 0 saturated carbocycles. The third-order valence-electron chi connectivity index (χ3n) is 10.1. The number of hydrogen-bond acceptors (Lipinski definition) is 7. The number of anilines is 1. The Bertz CT molecular complexity index is 2750. The van der Waals surface area contributed by atoms with Crippen LogP contribution in [-0.4, -0.2) is 40.0 Å². The molecule has 0 spiro atoms. The van der Waals surface area contributed by atoms with Crippen molar-refractivity contribution in [3.8, 4) is 0 Å². The average Bonchev–Trinajstić information content (AvgIpc) is 3.88. The number of hydrogen-bond donors (Lipinski definition) is 0. The predicted molar refractivity (Wildman–Crippen MR) is 233 cm³/mol. The zero-order valence-electron chi connectivity index (χ0n) is 31.7. The summed E-state index contributed by atoms with van der Waals surface area (Å²) >= 11 is 1.10. The summed E-state index contributed by atoms with van der Waals surface area (Å²) in [6.45, 7) is 0.600. The van der Waals surface area contributed by atoms with E-state index in [1.54, 1.807) is 137 Å². The normalized spacial score (nSPS) is 12.5. The van der Waals surface area contributed by atoms with E-state index in [-0.39, 0.29) is 39.8 Å². The number of benzene rings is 6. The van der Waals surface area contributed by atoms with Crippen LogP contribution in [0, 0.1) is 0 Å². The van der Waals surface area contributed by atoms with Gasteiger partial charge in [-0.25, -0.2) is 0 Å². The Kier molecular flexibility index (Phi) is 11.3. The van der Waals surface area contributed by atoms with E-state index in [1.807, 2.05) is 59.5 Å². The van der Waals surface area contributed by atoms with Crippen molar-refractivity contribution in [3.05, 3.63) is 249 Å². The second-order valence-corrected chi connectivity index (χ2v) is 14.6. The lowest BCUT2D eigenvalue weighted by Crippen LogP contribution is -2.22. The number of Topliss-reactive ketones (excluding diaryl/α,β-unsaturated/α-hetero) is 1. The van der Waals surface area contributed by atoms with Crippen molar-refractivity contribution in [1.82, 2.24) is 4.57 Å². The summed E-state index contributed by atoms with van der Waals surface area (Å²) in [6.07, 6.45) is 1.36. The summed E-state index contributed by atoms with van der Waals surface area (Å²) in [5.74, 6) is -1.54. The van der Waals surface area contributed by atoms with Crippen LogP contribution in [0.5, 0.6) is 0 Å². The summed E-state index contributed by atoms with van der Waals surface area (Å²) in [6, 6.07) is 53.1. The Morgan fingerprint density at radius 3 is 1.34 bits per heavy atom. The number of aromatic nitrogens is 1. The maximum absolute atomic E-state index is 15.0. The van der Waals surface area contributed by atoms with Gasteiger partial charge in [-0.15, -0.1) is 0 Å². The summed E-state index contributed by atoms with van der Waals surface area (Å²) in [5, 5.41) is 1.80. The minimum atomic E-state index is -0.455. The van der Waals surface area contributed by atoms with Crippen LogP contribution in [-0.2, 0) is 6.54 Å². The first-order valence-electron chi connectivity index (χ1n) is 19.1. The summed E-state index contributed by atoms with van der Waals surface area (Å²) < 4.78 is 1.79. The van der Waals surface area contributed by atoms with Gasteiger partial charge in [0.15, 0.2) is 23.1 Å². The van der Waals surface area contributed by atoms with E-state index in [1.165, 1.54) is 6.08 Å². The highest BCUT2D eigenvalue weighted by molar-refractivity contribution is 8.06. The fraction of sp³-hybridized carbons (Fsp3) is 0.0392. The van der Waals surface area contributed by atoms with Crippen LogP contribution in [0.3, 0.4) is 0 Å². The molecule has 286 valence electrons. The maximum atomic E-state index is 15.0. The molecule has 6 aromatic carbocycles. The lowest BCUT2D eigenvalue weighted by Gasteiger charge is -2.24. The summed E-state index contributed by atoms with van der Waals surface area (Å²) in [5.41, 5.74) is 3.51. The van der Waals surface area contributed by atoms with E-state index in [2.05, 4.69) is 0 Å². The highest BCUT2D eigenvalue weighted by Crippen LogP contribution is 2.43. The molecule has 7 aromatic rings.